The fourth-order valence-electron chi connectivity index (χ4n) is 2.56. The molecule has 0 bridgehead atoms. The number of hydrogen-bond donors (Lipinski definition) is 1. The van der Waals surface area contributed by atoms with E-state index in [1.807, 2.05) is 43.0 Å². The first-order chi connectivity index (χ1) is 9.56. The average molecular weight is 276 g/mol. The van der Waals surface area contributed by atoms with E-state index in [9.17, 15) is 4.79 Å². The zero-order chi connectivity index (χ0) is 14.5. The highest BCUT2D eigenvalue weighted by Crippen LogP contribution is 2.19. The molecule has 0 aliphatic carbocycles. The van der Waals surface area contributed by atoms with Crippen LogP contribution >= 0.6 is 0 Å². The molecule has 1 aliphatic rings. The minimum Gasteiger partial charge on any atom is -0.399 e. The van der Waals surface area contributed by atoms with E-state index < -0.39 is 0 Å². The van der Waals surface area contributed by atoms with Crippen LogP contribution in [0.5, 0.6) is 0 Å². The number of anilines is 1. The van der Waals surface area contributed by atoms with Gasteiger partial charge in [-0.05, 0) is 44.4 Å². The molecule has 110 valence electrons. The Kier molecular flexibility index (Phi) is 5.01. The maximum atomic E-state index is 12.4. The van der Waals surface area contributed by atoms with Gasteiger partial charge in [0, 0.05) is 24.9 Å². The van der Waals surface area contributed by atoms with Crippen molar-refractivity contribution in [3.05, 3.63) is 29.8 Å². The van der Waals surface area contributed by atoms with Gasteiger partial charge in [-0.3, -0.25) is 4.79 Å². The molecule has 2 N–H and O–H groups in total. The first kappa shape index (κ1) is 14.9. The van der Waals surface area contributed by atoms with Gasteiger partial charge >= 0.3 is 0 Å². The molecule has 0 radical (unpaired) electrons. The topological polar surface area (TPSA) is 55.6 Å². The van der Waals surface area contributed by atoms with Crippen molar-refractivity contribution in [2.45, 2.75) is 51.8 Å². The Morgan fingerprint density at radius 2 is 2.30 bits per heavy atom. The normalized spacial score (nSPS) is 18.4. The van der Waals surface area contributed by atoms with Crippen molar-refractivity contribution in [1.29, 1.82) is 0 Å². The molecular formula is C16H24N2O2. The van der Waals surface area contributed by atoms with Crippen molar-refractivity contribution >= 4 is 11.6 Å². The van der Waals surface area contributed by atoms with Gasteiger partial charge in [-0.1, -0.05) is 12.1 Å². The quantitative estimate of drug-likeness (QED) is 0.841. The second-order valence-electron chi connectivity index (χ2n) is 5.70. The molecule has 1 fully saturated rings. The molecule has 1 amide bonds. The summed E-state index contributed by atoms with van der Waals surface area (Å²) in [4.78, 5) is 14.3. The second-order valence-corrected chi connectivity index (χ2v) is 5.70. The molecule has 1 unspecified atom stereocenters. The van der Waals surface area contributed by atoms with Crippen LogP contribution in [0.3, 0.4) is 0 Å². The number of benzene rings is 1. The Bertz CT molecular complexity index is 454. The molecule has 1 saturated heterocycles. The van der Waals surface area contributed by atoms with Crippen LogP contribution in [0.15, 0.2) is 24.3 Å². The average Bonchev–Trinajstić information content (AvgIpc) is 2.88. The highest BCUT2D eigenvalue weighted by Gasteiger charge is 2.24. The third-order valence-electron chi connectivity index (χ3n) is 3.67. The van der Waals surface area contributed by atoms with Crippen molar-refractivity contribution in [2.75, 3.05) is 12.3 Å². The summed E-state index contributed by atoms with van der Waals surface area (Å²) in [6.07, 6.45) is 2.65. The van der Waals surface area contributed by atoms with Crippen LogP contribution in [0.2, 0.25) is 0 Å². The standard InChI is InChI=1S/C16H24N2O2/c1-12(2)18(11-13-5-3-6-14(17)9-13)16(19)10-15-7-4-8-20-15/h3,5-6,9,12,15H,4,7-8,10-11,17H2,1-2H3. The van der Waals surface area contributed by atoms with E-state index in [1.165, 1.54) is 0 Å². The third-order valence-corrected chi connectivity index (χ3v) is 3.67. The van der Waals surface area contributed by atoms with Gasteiger partial charge in [-0.25, -0.2) is 0 Å². The molecular weight excluding hydrogens is 252 g/mol. The Hall–Kier alpha value is -1.55. The largest absolute Gasteiger partial charge is 0.399 e. The second kappa shape index (κ2) is 6.75. The fourth-order valence-corrected chi connectivity index (χ4v) is 2.56. The van der Waals surface area contributed by atoms with Gasteiger partial charge in [-0.15, -0.1) is 0 Å². The van der Waals surface area contributed by atoms with Gasteiger partial charge in [0.2, 0.25) is 5.91 Å². The number of amides is 1. The van der Waals surface area contributed by atoms with Crippen molar-refractivity contribution < 1.29 is 9.53 Å². The predicted molar refractivity (Wildman–Crippen MR) is 80.1 cm³/mol. The summed E-state index contributed by atoms with van der Waals surface area (Å²) in [5, 5.41) is 0. The highest BCUT2D eigenvalue weighted by atomic mass is 16.5. The summed E-state index contributed by atoms with van der Waals surface area (Å²) in [6, 6.07) is 7.88. The monoisotopic (exact) mass is 276 g/mol. The van der Waals surface area contributed by atoms with Gasteiger partial charge < -0.3 is 15.4 Å². The van der Waals surface area contributed by atoms with Crippen LogP contribution in [0.1, 0.15) is 38.7 Å². The molecule has 1 aromatic carbocycles. The molecule has 1 heterocycles. The number of nitrogens with zero attached hydrogens (tertiary/aromatic N) is 1. The lowest BCUT2D eigenvalue weighted by atomic mass is 10.1. The predicted octanol–water partition coefficient (Wildman–Crippen LogP) is 2.57. The van der Waals surface area contributed by atoms with Gasteiger partial charge in [0.15, 0.2) is 0 Å². The zero-order valence-corrected chi connectivity index (χ0v) is 12.3. The first-order valence-corrected chi connectivity index (χ1v) is 7.31. The van der Waals surface area contributed by atoms with Gasteiger partial charge in [0.1, 0.15) is 0 Å². The van der Waals surface area contributed by atoms with Gasteiger partial charge in [-0.2, -0.15) is 0 Å². The lowest BCUT2D eigenvalue weighted by molar-refractivity contribution is -0.135. The van der Waals surface area contributed by atoms with E-state index in [2.05, 4.69) is 0 Å². The van der Waals surface area contributed by atoms with E-state index in [0.717, 1.165) is 30.7 Å². The van der Waals surface area contributed by atoms with Crippen LogP contribution in [-0.2, 0) is 16.1 Å². The Morgan fingerprint density at radius 3 is 2.90 bits per heavy atom. The van der Waals surface area contributed by atoms with E-state index in [4.69, 9.17) is 10.5 Å². The van der Waals surface area contributed by atoms with E-state index in [-0.39, 0.29) is 18.1 Å². The lowest BCUT2D eigenvalue weighted by Gasteiger charge is -2.28. The van der Waals surface area contributed by atoms with Crippen molar-refractivity contribution in [1.82, 2.24) is 4.90 Å². The van der Waals surface area contributed by atoms with E-state index in [0.29, 0.717) is 13.0 Å². The summed E-state index contributed by atoms with van der Waals surface area (Å²) < 4.78 is 5.56. The number of hydrogen-bond acceptors (Lipinski definition) is 3. The summed E-state index contributed by atoms with van der Waals surface area (Å²) >= 11 is 0. The molecule has 1 aliphatic heterocycles. The summed E-state index contributed by atoms with van der Waals surface area (Å²) in [7, 11) is 0. The zero-order valence-electron chi connectivity index (χ0n) is 12.3. The Balaban J connectivity index is 2.00. The number of carbonyl (C=O) groups excluding carboxylic acids is 1. The van der Waals surface area contributed by atoms with Crippen LogP contribution in [0, 0.1) is 0 Å². The van der Waals surface area contributed by atoms with Crippen molar-refractivity contribution in [2.24, 2.45) is 0 Å². The molecule has 0 saturated carbocycles. The molecule has 1 aromatic rings. The number of ether oxygens (including phenoxy) is 1. The maximum Gasteiger partial charge on any atom is 0.225 e. The Labute approximate surface area is 120 Å². The summed E-state index contributed by atoms with van der Waals surface area (Å²) in [6.45, 7) is 5.47. The molecule has 0 aromatic heterocycles. The molecule has 4 nitrogen and oxygen atoms in total. The van der Waals surface area contributed by atoms with Crippen molar-refractivity contribution in [3.63, 3.8) is 0 Å². The SMILES string of the molecule is CC(C)N(Cc1cccc(N)c1)C(=O)CC1CCCO1. The third kappa shape index (κ3) is 3.97. The highest BCUT2D eigenvalue weighted by molar-refractivity contribution is 5.77. The molecule has 4 heteroatoms. The maximum absolute atomic E-state index is 12.4. The molecule has 1 atom stereocenters. The van der Waals surface area contributed by atoms with E-state index in [1.54, 1.807) is 0 Å². The molecule has 0 spiro atoms. The van der Waals surface area contributed by atoms with Crippen LogP contribution in [0.25, 0.3) is 0 Å². The smallest absolute Gasteiger partial charge is 0.225 e. The van der Waals surface area contributed by atoms with Crippen LogP contribution in [-0.4, -0.2) is 29.6 Å². The van der Waals surface area contributed by atoms with Gasteiger partial charge in [0.25, 0.3) is 0 Å². The minimum atomic E-state index is 0.101. The minimum absolute atomic E-state index is 0.101. The first-order valence-electron chi connectivity index (χ1n) is 7.31. The number of nitrogens with two attached hydrogens (primary N) is 1. The number of rotatable bonds is 5. The Morgan fingerprint density at radius 1 is 1.50 bits per heavy atom. The van der Waals surface area contributed by atoms with Crippen LogP contribution < -0.4 is 5.73 Å². The molecule has 20 heavy (non-hydrogen) atoms. The number of carbonyl (C=O) groups is 1. The van der Waals surface area contributed by atoms with Crippen LogP contribution in [0.4, 0.5) is 5.69 Å². The fraction of sp³-hybridized carbons (Fsp3) is 0.562. The summed E-state index contributed by atoms with van der Waals surface area (Å²) in [5.74, 6) is 0.161. The molecule has 2 rings (SSSR count). The van der Waals surface area contributed by atoms with Crippen molar-refractivity contribution in [3.8, 4) is 0 Å². The van der Waals surface area contributed by atoms with Gasteiger partial charge in [0.05, 0.1) is 12.5 Å². The lowest BCUT2D eigenvalue weighted by Crippen LogP contribution is -2.38. The van der Waals surface area contributed by atoms with E-state index >= 15 is 0 Å². The number of nitrogen functional groups attached to an aromatic ring is 1. The summed E-state index contributed by atoms with van der Waals surface area (Å²) in [5.41, 5.74) is 7.60.